The van der Waals surface area contributed by atoms with Crippen LogP contribution in [0.1, 0.15) is 100 Å². The van der Waals surface area contributed by atoms with Crippen molar-refractivity contribution in [3.8, 4) is 11.1 Å². The minimum Gasteiger partial charge on any atom is -0.339 e. The Morgan fingerprint density at radius 3 is 2.53 bits per heavy atom. The van der Waals surface area contributed by atoms with Crippen molar-refractivity contribution in [3.63, 3.8) is 0 Å². The van der Waals surface area contributed by atoms with Crippen LogP contribution in [0.25, 0.3) is 16.8 Å². The number of hydrogen-bond donors (Lipinski definition) is 0. The van der Waals surface area contributed by atoms with Crippen LogP contribution in [-0.2, 0) is 10.2 Å². The molecule has 0 spiro atoms. The van der Waals surface area contributed by atoms with E-state index in [1.807, 2.05) is 28.6 Å². The normalized spacial score (nSPS) is 32.4. The lowest BCUT2D eigenvalue weighted by Crippen LogP contribution is -2.65. The number of aryl methyl sites for hydroxylation is 1. The number of hydrogen-bond acceptors (Lipinski definition) is 6. The highest BCUT2D eigenvalue weighted by Crippen LogP contribution is 2.71. The van der Waals surface area contributed by atoms with E-state index < -0.39 is 5.67 Å². The number of benzene rings is 1. The summed E-state index contributed by atoms with van der Waals surface area (Å²) in [6.07, 6.45) is 14.1. The highest BCUT2D eigenvalue weighted by atomic mass is 19.1. The molecule has 43 heavy (non-hydrogen) atoms. The average Bonchev–Trinajstić information content (AvgIpc) is 3.50. The molecule has 1 amide bonds. The lowest BCUT2D eigenvalue weighted by molar-refractivity contribution is -0.215. The molecule has 4 bridgehead atoms. The molecule has 1 aromatic carbocycles. The largest absolute Gasteiger partial charge is 0.339 e. The molecule has 0 unspecified atom stereocenters. The number of pyridine rings is 1. The predicted octanol–water partition coefficient (Wildman–Crippen LogP) is 6.87. The van der Waals surface area contributed by atoms with Crippen LogP contribution in [-0.4, -0.2) is 42.9 Å². The summed E-state index contributed by atoms with van der Waals surface area (Å²) in [6, 6.07) is 10.5. The van der Waals surface area contributed by atoms with Crippen LogP contribution in [0, 0.1) is 17.8 Å². The van der Waals surface area contributed by atoms with Crippen molar-refractivity contribution in [3.05, 3.63) is 60.1 Å². The summed E-state index contributed by atoms with van der Waals surface area (Å²) < 4.78 is 22.1. The average molecular weight is 581 g/mol. The van der Waals surface area contributed by atoms with E-state index in [0.29, 0.717) is 38.1 Å². The number of amides is 1. The highest BCUT2D eigenvalue weighted by Gasteiger charge is 2.69. The minimum absolute atomic E-state index is 0.0181. The molecular weight excluding hydrogens is 543 g/mol. The lowest BCUT2D eigenvalue weighted by atomic mass is 9.41. The van der Waals surface area contributed by atoms with Crippen LogP contribution in [0.2, 0.25) is 0 Å². The number of anilines is 1. The summed E-state index contributed by atoms with van der Waals surface area (Å²) in [6.45, 7) is 2.74. The van der Waals surface area contributed by atoms with Crippen LogP contribution >= 0.6 is 0 Å². The second-order valence-corrected chi connectivity index (χ2v) is 14.8. The zero-order valence-corrected chi connectivity index (χ0v) is 24.7. The van der Waals surface area contributed by atoms with Crippen LogP contribution in [0.4, 0.5) is 10.1 Å². The summed E-state index contributed by atoms with van der Waals surface area (Å²) in [5, 5.41) is 8.68. The number of carbonyl (C=O) groups is 1. The Balaban J connectivity index is 1.01. The second-order valence-electron chi connectivity index (χ2n) is 14.8. The van der Waals surface area contributed by atoms with Crippen LogP contribution in [0.5, 0.6) is 0 Å². The van der Waals surface area contributed by atoms with E-state index in [1.165, 1.54) is 12.8 Å². The highest BCUT2D eigenvalue weighted by molar-refractivity contribution is 5.95. The second kappa shape index (κ2) is 8.73. The number of halogens is 1. The Kier molecular flexibility index (Phi) is 5.25. The monoisotopic (exact) mass is 580 g/mol. The zero-order chi connectivity index (χ0) is 29.0. The first kappa shape index (κ1) is 25.8. The Labute approximate surface area is 250 Å². The number of nitrogens with zero attached hydrogens (tertiary/aromatic N) is 6. The van der Waals surface area contributed by atoms with Gasteiger partial charge in [-0.2, -0.15) is 10.1 Å². The van der Waals surface area contributed by atoms with E-state index in [4.69, 9.17) is 9.51 Å². The van der Waals surface area contributed by atoms with Crippen molar-refractivity contribution < 1.29 is 13.7 Å². The molecule has 222 valence electrons. The van der Waals surface area contributed by atoms with Crippen molar-refractivity contribution in [2.75, 3.05) is 11.4 Å². The maximum absolute atomic E-state index is 14.4. The molecule has 7 aliphatic carbocycles. The van der Waals surface area contributed by atoms with Gasteiger partial charge in [0, 0.05) is 41.7 Å². The van der Waals surface area contributed by atoms with Crippen molar-refractivity contribution >= 4 is 17.2 Å². The molecule has 9 heteroatoms. The number of aromatic nitrogens is 5. The summed E-state index contributed by atoms with van der Waals surface area (Å²) in [4.78, 5) is 25.4. The van der Waals surface area contributed by atoms with Crippen molar-refractivity contribution in [2.45, 2.75) is 101 Å². The summed E-state index contributed by atoms with van der Waals surface area (Å²) >= 11 is 0. The molecule has 3 heterocycles. The van der Waals surface area contributed by atoms with Crippen molar-refractivity contribution in [1.82, 2.24) is 24.7 Å². The topological polar surface area (TPSA) is 89.4 Å². The fourth-order valence-corrected chi connectivity index (χ4v) is 9.01. The SMILES string of the molecule is Cc1cc(-c2cccc(N(CC34CCC(c5nc(C6CC6)no5)(CC3)CC4)C(=O)CC34CC(F)(C3)C4)c2)cn2ncnc12. The number of alkyl halides is 1. The van der Waals surface area contributed by atoms with Gasteiger partial charge in [-0.25, -0.2) is 13.9 Å². The van der Waals surface area contributed by atoms with Gasteiger partial charge in [0.25, 0.3) is 0 Å². The quantitative estimate of drug-likeness (QED) is 0.226. The van der Waals surface area contributed by atoms with Crippen LogP contribution < -0.4 is 4.90 Å². The molecule has 7 fully saturated rings. The maximum Gasteiger partial charge on any atom is 0.232 e. The molecule has 0 radical (unpaired) electrons. The Bertz CT molecular complexity index is 1730. The third-order valence-electron chi connectivity index (χ3n) is 11.7. The molecule has 0 N–H and O–H groups in total. The molecule has 0 atom stereocenters. The summed E-state index contributed by atoms with van der Waals surface area (Å²) in [5.41, 5.74) is 3.78. The first-order valence-electron chi connectivity index (χ1n) is 16.0. The Morgan fingerprint density at radius 1 is 1.05 bits per heavy atom. The van der Waals surface area contributed by atoms with Gasteiger partial charge in [-0.3, -0.25) is 4.79 Å². The van der Waals surface area contributed by atoms with Crippen molar-refractivity contribution in [2.24, 2.45) is 10.8 Å². The van der Waals surface area contributed by atoms with Gasteiger partial charge in [-0.15, -0.1) is 0 Å². The van der Waals surface area contributed by atoms with E-state index in [0.717, 1.165) is 78.3 Å². The van der Waals surface area contributed by atoms with E-state index in [9.17, 15) is 9.18 Å². The molecule has 7 saturated carbocycles. The van der Waals surface area contributed by atoms with Gasteiger partial charge in [-0.1, -0.05) is 17.3 Å². The smallest absolute Gasteiger partial charge is 0.232 e. The summed E-state index contributed by atoms with van der Waals surface area (Å²) in [7, 11) is 0. The molecule has 3 aromatic heterocycles. The van der Waals surface area contributed by atoms with Crippen LogP contribution in [0.3, 0.4) is 0 Å². The molecule has 7 aliphatic rings. The predicted molar refractivity (Wildman–Crippen MR) is 158 cm³/mol. The molecule has 11 rings (SSSR count). The van der Waals surface area contributed by atoms with Gasteiger partial charge in [-0.05, 0) is 118 Å². The van der Waals surface area contributed by atoms with Gasteiger partial charge in [0.2, 0.25) is 11.8 Å². The number of fused-ring (bicyclic) bond motifs is 4. The fraction of sp³-hybridized carbons (Fsp3) is 0.559. The molecule has 4 aromatic rings. The van der Waals surface area contributed by atoms with E-state index in [1.54, 1.807) is 6.33 Å². The minimum atomic E-state index is -1.01. The standard InChI is InChI=1S/C34H37FN6O2/c1-22-13-25(16-41-29(22)36-21-37-41)24-3-2-4-26(14-24)40(27(42)15-32-17-34(35,18-32)19-32)20-31-7-10-33(11-8-31,12-9-31)30-38-28(39-43-30)23-5-6-23/h2-4,13-14,16,21,23H,5-12,15,17-20H2,1H3. The third-order valence-corrected chi connectivity index (χ3v) is 11.7. The third kappa shape index (κ3) is 4.09. The van der Waals surface area contributed by atoms with Crippen LogP contribution in [0.15, 0.2) is 47.4 Å². The molecule has 8 nitrogen and oxygen atoms in total. The fourth-order valence-electron chi connectivity index (χ4n) is 9.01. The van der Waals surface area contributed by atoms with Gasteiger partial charge in [0.15, 0.2) is 11.5 Å². The molecule has 0 saturated heterocycles. The van der Waals surface area contributed by atoms with Gasteiger partial charge < -0.3 is 9.42 Å². The van der Waals surface area contributed by atoms with Gasteiger partial charge >= 0.3 is 0 Å². The van der Waals surface area contributed by atoms with E-state index >= 15 is 0 Å². The van der Waals surface area contributed by atoms with Gasteiger partial charge in [0.05, 0.1) is 0 Å². The van der Waals surface area contributed by atoms with Gasteiger partial charge in [0.1, 0.15) is 12.0 Å². The zero-order valence-electron chi connectivity index (χ0n) is 24.7. The maximum atomic E-state index is 14.4. The Morgan fingerprint density at radius 2 is 1.81 bits per heavy atom. The first-order chi connectivity index (χ1) is 20.7. The van der Waals surface area contributed by atoms with Crippen molar-refractivity contribution in [1.29, 1.82) is 0 Å². The van der Waals surface area contributed by atoms with E-state index in [-0.39, 0.29) is 22.2 Å². The Hall–Kier alpha value is -3.62. The molecule has 0 aliphatic heterocycles. The number of rotatable bonds is 8. The molecular formula is C34H37FN6O2. The van der Waals surface area contributed by atoms with E-state index in [2.05, 4.69) is 39.5 Å². The first-order valence-corrected chi connectivity index (χ1v) is 16.0. The summed E-state index contributed by atoms with van der Waals surface area (Å²) in [5.74, 6) is 2.35. The lowest BCUT2D eigenvalue weighted by Gasteiger charge is -2.66. The number of carbonyl (C=O) groups excluding carboxylic acids is 1.